The van der Waals surface area contributed by atoms with Crippen LogP contribution in [0.25, 0.3) is 0 Å². The normalized spacial score (nSPS) is 17.1. The Morgan fingerprint density at radius 3 is 2.67 bits per heavy atom. The monoisotopic (exact) mass is 257 g/mol. The summed E-state index contributed by atoms with van der Waals surface area (Å²) < 4.78 is 40.2. The SMILES string of the molecule is C[C@@H](C#N)Cn1nc2c(c1C(F)(F)F)CCCC2. The molecule has 0 N–H and O–H groups in total. The van der Waals surface area contributed by atoms with Crippen LogP contribution in [0, 0.1) is 17.2 Å². The van der Waals surface area contributed by atoms with Crippen molar-refractivity contribution in [3.63, 3.8) is 0 Å². The van der Waals surface area contributed by atoms with Crippen molar-refractivity contribution in [2.45, 2.75) is 45.3 Å². The smallest absolute Gasteiger partial charge is 0.259 e. The Balaban J connectivity index is 2.45. The average molecular weight is 257 g/mol. The van der Waals surface area contributed by atoms with Gasteiger partial charge in [0.2, 0.25) is 0 Å². The second kappa shape index (κ2) is 4.63. The number of aryl methyl sites for hydroxylation is 1. The van der Waals surface area contributed by atoms with E-state index in [4.69, 9.17) is 5.26 Å². The van der Waals surface area contributed by atoms with Gasteiger partial charge in [-0.25, -0.2) is 0 Å². The number of hydrogen-bond acceptors (Lipinski definition) is 2. The van der Waals surface area contributed by atoms with Crippen molar-refractivity contribution >= 4 is 0 Å². The van der Waals surface area contributed by atoms with Gasteiger partial charge in [0.1, 0.15) is 5.69 Å². The van der Waals surface area contributed by atoms with Crippen LogP contribution in [0.1, 0.15) is 36.7 Å². The molecule has 2 rings (SSSR count). The zero-order valence-corrected chi connectivity index (χ0v) is 10.1. The van der Waals surface area contributed by atoms with Crippen LogP contribution in [0.3, 0.4) is 0 Å². The van der Waals surface area contributed by atoms with Crippen molar-refractivity contribution < 1.29 is 13.2 Å². The van der Waals surface area contributed by atoms with Gasteiger partial charge in [-0.3, -0.25) is 4.68 Å². The minimum atomic E-state index is -4.40. The van der Waals surface area contributed by atoms with E-state index < -0.39 is 17.8 Å². The zero-order chi connectivity index (χ0) is 13.3. The Morgan fingerprint density at radius 1 is 1.39 bits per heavy atom. The molecular formula is C12H14F3N3. The third-order valence-electron chi connectivity index (χ3n) is 3.16. The van der Waals surface area contributed by atoms with Crippen molar-refractivity contribution in [3.05, 3.63) is 17.0 Å². The maximum absolute atomic E-state index is 13.1. The Labute approximate surface area is 103 Å². The second-order valence-corrected chi connectivity index (χ2v) is 4.69. The largest absolute Gasteiger partial charge is 0.433 e. The van der Waals surface area contributed by atoms with E-state index in [1.165, 1.54) is 0 Å². The van der Waals surface area contributed by atoms with Crippen LogP contribution in [0.15, 0.2) is 0 Å². The highest BCUT2D eigenvalue weighted by Gasteiger charge is 2.40. The molecule has 0 amide bonds. The third-order valence-corrected chi connectivity index (χ3v) is 3.16. The Kier molecular flexibility index (Phi) is 3.33. The molecule has 18 heavy (non-hydrogen) atoms. The molecule has 1 heterocycles. The zero-order valence-electron chi connectivity index (χ0n) is 10.1. The molecule has 98 valence electrons. The van der Waals surface area contributed by atoms with Crippen molar-refractivity contribution in [1.82, 2.24) is 9.78 Å². The number of rotatable bonds is 2. The van der Waals surface area contributed by atoms with Gasteiger partial charge in [0.05, 0.1) is 24.2 Å². The lowest BCUT2D eigenvalue weighted by atomic mass is 9.96. The van der Waals surface area contributed by atoms with Gasteiger partial charge < -0.3 is 0 Å². The molecule has 6 heteroatoms. The summed E-state index contributed by atoms with van der Waals surface area (Å²) in [4.78, 5) is 0. The summed E-state index contributed by atoms with van der Waals surface area (Å²) in [6, 6.07) is 1.94. The van der Waals surface area contributed by atoms with E-state index in [-0.39, 0.29) is 6.54 Å². The number of nitriles is 1. The first kappa shape index (κ1) is 12.9. The van der Waals surface area contributed by atoms with E-state index in [9.17, 15) is 13.2 Å². The summed E-state index contributed by atoms with van der Waals surface area (Å²) in [5.41, 5.74) is 0.233. The molecule has 0 aliphatic heterocycles. The van der Waals surface area contributed by atoms with Gasteiger partial charge in [-0.2, -0.15) is 23.5 Å². The first-order chi connectivity index (χ1) is 8.43. The summed E-state index contributed by atoms with van der Waals surface area (Å²) in [5.74, 6) is -0.479. The highest BCUT2D eigenvalue weighted by atomic mass is 19.4. The molecule has 1 aliphatic rings. The van der Waals surface area contributed by atoms with Gasteiger partial charge in [0.25, 0.3) is 0 Å². The molecule has 1 atom stereocenters. The summed E-state index contributed by atoms with van der Waals surface area (Å²) in [6.45, 7) is 1.60. The highest BCUT2D eigenvalue weighted by Crippen LogP contribution is 2.36. The molecule has 0 fully saturated rings. The predicted octanol–water partition coefficient (Wildman–Crippen LogP) is 2.94. The molecular weight excluding hydrogens is 243 g/mol. The van der Waals surface area contributed by atoms with E-state index >= 15 is 0 Å². The van der Waals surface area contributed by atoms with Crippen LogP contribution in [0.5, 0.6) is 0 Å². The van der Waals surface area contributed by atoms with Crippen LogP contribution in [0.2, 0.25) is 0 Å². The molecule has 0 radical (unpaired) electrons. The van der Waals surface area contributed by atoms with Crippen LogP contribution in [-0.2, 0) is 25.6 Å². The van der Waals surface area contributed by atoms with Gasteiger partial charge in [-0.1, -0.05) is 0 Å². The minimum absolute atomic E-state index is 0.00164. The fourth-order valence-electron chi connectivity index (χ4n) is 2.36. The topological polar surface area (TPSA) is 41.6 Å². The number of nitrogens with zero attached hydrogens (tertiary/aromatic N) is 3. The number of aromatic nitrogens is 2. The number of alkyl halides is 3. The van der Waals surface area contributed by atoms with Crippen LogP contribution < -0.4 is 0 Å². The maximum Gasteiger partial charge on any atom is 0.433 e. The van der Waals surface area contributed by atoms with Crippen LogP contribution >= 0.6 is 0 Å². The average Bonchev–Trinajstić information content (AvgIpc) is 2.65. The number of halogens is 3. The van der Waals surface area contributed by atoms with Gasteiger partial charge in [-0.05, 0) is 32.6 Å². The lowest BCUT2D eigenvalue weighted by Gasteiger charge is -2.14. The summed E-state index contributed by atoms with van der Waals surface area (Å²) >= 11 is 0. The Hall–Kier alpha value is -1.51. The van der Waals surface area contributed by atoms with Crippen LogP contribution in [-0.4, -0.2) is 9.78 Å². The second-order valence-electron chi connectivity index (χ2n) is 4.69. The molecule has 3 nitrogen and oxygen atoms in total. The first-order valence-electron chi connectivity index (χ1n) is 5.99. The molecule has 1 aromatic rings. The quantitative estimate of drug-likeness (QED) is 0.817. The van der Waals surface area contributed by atoms with Crippen molar-refractivity contribution in [2.75, 3.05) is 0 Å². The first-order valence-corrected chi connectivity index (χ1v) is 5.99. The van der Waals surface area contributed by atoms with Crippen molar-refractivity contribution in [3.8, 4) is 6.07 Å². The molecule has 0 bridgehead atoms. The molecule has 0 saturated carbocycles. The Bertz CT molecular complexity index is 482. The number of fused-ring (bicyclic) bond motifs is 1. The summed E-state index contributed by atoms with van der Waals surface area (Å²) in [6.07, 6.45) is -1.70. The molecule has 1 aliphatic carbocycles. The van der Waals surface area contributed by atoms with Crippen LogP contribution in [0.4, 0.5) is 13.2 Å². The molecule has 0 aromatic carbocycles. The molecule has 0 saturated heterocycles. The van der Waals surface area contributed by atoms with E-state index in [1.807, 2.05) is 6.07 Å². The van der Waals surface area contributed by atoms with Gasteiger partial charge in [0, 0.05) is 5.56 Å². The minimum Gasteiger partial charge on any atom is -0.259 e. The van der Waals surface area contributed by atoms with E-state index in [0.717, 1.165) is 17.5 Å². The van der Waals surface area contributed by atoms with E-state index in [2.05, 4.69) is 5.10 Å². The summed E-state index contributed by atoms with van der Waals surface area (Å²) in [7, 11) is 0. The fourth-order valence-corrected chi connectivity index (χ4v) is 2.36. The summed E-state index contributed by atoms with van der Waals surface area (Å²) in [5, 5.41) is 12.8. The van der Waals surface area contributed by atoms with Gasteiger partial charge >= 0.3 is 6.18 Å². The van der Waals surface area contributed by atoms with Gasteiger partial charge in [0.15, 0.2) is 0 Å². The number of hydrogen-bond donors (Lipinski definition) is 0. The predicted molar refractivity (Wildman–Crippen MR) is 58.6 cm³/mol. The lowest BCUT2D eigenvalue weighted by Crippen LogP contribution is -2.19. The fraction of sp³-hybridized carbons (Fsp3) is 0.667. The Morgan fingerprint density at radius 2 is 2.06 bits per heavy atom. The lowest BCUT2D eigenvalue weighted by molar-refractivity contribution is -0.145. The van der Waals surface area contributed by atoms with Crippen molar-refractivity contribution in [2.24, 2.45) is 5.92 Å². The van der Waals surface area contributed by atoms with Crippen molar-refractivity contribution in [1.29, 1.82) is 5.26 Å². The highest BCUT2D eigenvalue weighted by molar-refractivity contribution is 5.30. The van der Waals surface area contributed by atoms with E-state index in [0.29, 0.717) is 24.1 Å². The van der Waals surface area contributed by atoms with Gasteiger partial charge in [-0.15, -0.1) is 0 Å². The molecule has 1 aromatic heterocycles. The molecule has 0 spiro atoms. The molecule has 0 unspecified atom stereocenters. The maximum atomic E-state index is 13.1. The standard InChI is InChI=1S/C12H14F3N3/c1-8(6-16)7-18-11(12(13,14)15)9-4-2-3-5-10(9)17-18/h8H,2-5,7H2,1H3/t8-/m0/s1. The third kappa shape index (κ3) is 2.35. The van der Waals surface area contributed by atoms with E-state index in [1.54, 1.807) is 6.92 Å².